The van der Waals surface area contributed by atoms with Crippen LogP contribution in [0.15, 0.2) is 29.2 Å². The van der Waals surface area contributed by atoms with Gasteiger partial charge >= 0.3 is 5.97 Å². The summed E-state index contributed by atoms with van der Waals surface area (Å²) in [5, 5.41) is 9.63. The number of carboxylic acids is 1. The molecule has 0 bridgehead atoms. The molecule has 2 aliphatic rings. The highest BCUT2D eigenvalue weighted by atomic mass is 32.2. The second-order valence-electron chi connectivity index (χ2n) is 6.03. The first-order chi connectivity index (χ1) is 9.65. The molecule has 4 heteroatoms. The zero-order valence-electron chi connectivity index (χ0n) is 11.8. The van der Waals surface area contributed by atoms with Crippen molar-refractivity contribution in [1.82, 2.24) is 4.90 Å². The van der Waals surface area contributed by atoms with Crippen LogP contribution in [-0.4, -0.2) is 35.3 Å². The highest BCUT2D eigenvalue weighted by molar-refractivity contribution is 7.98. The van der Waals surface area contributed by atoms with E-state index in [-0.39, 0.29) is 0 Å². The van der Waals surface area contributed by atoms with Crippen molar-refractivity contribution in [2.45, 2.75) is 30.7 Å². The highest BCUT2D eigenvalue weighted by Gasteiger charge is 2.54. The number of hydrogen-bond donors (Lipinski definition) is 1. The SMILES string of the molecule is CSc1ccccc1CN1C[C@@H]2CCC[C@@]2(C(=O)O)C1. The van der Waals surface area contributed by atoms with Gasteiger partial charge in [0.05, 0.1) is 5.41 Å². The summed E-state index contributed by atoms with van der Waals surface area (Å²) in [7, 11) is 0. The minimum Gasteiger partial charge on any atom is -0.481 e. The summed E-state index contributed by atoms with van der Waals surface area (Å²) >= 11 is 1.76. The molecule has 1 heterocycles. The van der Waals surface area contributed by atoms with E-state index in [0.29, 0.717) is 5.92 Å². The predicted molar refractivity (Wildman–Crippen MR) is 80.9 cm³/mol. The highest BCUT2D eigenvalue weighted by Crippen LogP contribution is 2.49. The fourth-order valence-electron chi connectivity index (χ4n) is 3.94. The number of likely N-dealkylation sites (tertiary alicyclic amines) is 1. The zero-order valence-corrected chi connectivity index (χ0v) is 12.7. The second kappa shape index (κ2) is 5.41. The normalized spacial score (nSPS) is 29.6. The third-order valence-corrected chi connectivity index (χ3v) is 5.79. The average Bonchev–Trinajstić information content (AvgIpc) is 2.97. The fraction of sp³-hybridized carbons (Fsp3) is 0.562. The number of benzene rings is 1. The fourth-order valence-corrected chi connectivity index (χ4v) is 4.55. The van der Waals surface area contributed by atoms with Crippen molar-refractivity contribution in [2.24, 2.45) is 11.3 Å². The first kappa shape index (κ1) is 14.0. The van der Waals surface area contributed by atoms with Crippen molar-refractivity contribution in [3.63, 3.8) is 0 Å². The van der Waals surface area contributed by atoms with E-state index >= 15 is 0 Å². The van der Waals surface area contributed by atoms with Crippen LogP contribution in [0.2, 0.25) is 0 Å². The molecular formula is C16H21NO2S. The largest absolute Gasteiger partial charge is 0.481 e. The Hall–Kier alpha value is -1.00. The van der Waals surface area contributed by atoms with Crippen LogP contribution >= 0.6 is 11.8 Å². The predicted octanol–water partition coefficient (Wildman–Crippen LogP) is 3.10. The van der Waals surface area contributed by atoms with Gasteiger partial charge in [-0.2, -0.15) is 0 Å². The second-order valence-corrected chi connectivity index (χ2v) is 6.88. The quantitative estimate of drug-likeness (QED) is 0.865. The van der Waals surface area contributed by atoms with Gasteiger partial charge < -0.3 is 5.11 Å². The Morgan fingerprint density at radius 3 is 3.00 bits per heavy atom. The molecule has 0 aromatic heterocycles. The lowest BCUT2D eigenvalue weighted by Gasteiger charge is -2.23. The molecule has 108 valence electrons. The Bertz CT molecular complexity index is 519. The molecule has 2 fully saturated rings. The van der Waals surface area contributed by atoms with Crippen LogP contribution in [0.3, 0.4) is 0 Å². The molecule has 1 N–H and O–H groups in total. The monoisotopic (exact) mass is 291 g/mol. The van der Waals surface area contributed by atoms with E-state index in [9.17, 15) is 9.90 Å². The Kier molecular flexibility index (Phi) is 3.78. The smallest absolute Gasteiger partial charge is 0.311 e. The summed E-state index contributed by atoms with van der Waals surface area (Å²) in [5.41, 5.74) is 0.856. The van der Waals surface area contributed by atoms with Gasteiger partial charge in [-0.05, 0) is 36.6 Å². The Morgan fingerprint density at radius 2 is 2.30 bits per heavy atom. The molecule has 1 aliphatic carbocycles. The van der Waals surface area contributed by atoms with Gasteiger partial charge in [0, 0.05) is 24.5 Å². The van der Waals surface area contributed by atoms with Crippen molar-refractivity contribution in [2.75, 3.05) is 19.3 Å². The lowest BCUT2D eigenvalue weighted by Crippen LogP contribution is -2.35. The molecule has 3 nitrogen and oxygen atoms in total. The van der Waals surface area contributed by atoms with Gasteiger partial charge in [-0.25, -0.2) is 0 Å². The Morgan fingerprint density at radius 1 is 1.50 bits per heavy atom. The summed E-state index contributed by atoms with van der Waals surface area (Å²) in [6.45, 7) is 2.53. The molecule has 0 amide bonds. The van der Waals surface area contributed by atoms with E-state index in [1.54, 1.807) is 11.8 Å². The maximum absolute atomic E-state index is 11.7. The first-order valence-corrected chi connectivity index (χ1v) is 8.46. The van der Waals surface area contributed by atoms with Crippen LogP contribution in [0.4, 0.5) is 0 Å². The molecule has 0 spiro atoms. The average molecular weight is 291 g/mol. The van der Waals surface area contributed by atoms with E-state index in [4.69, 9.17) is 0 Å². The number of thioether (sulfide) groups is 1. The molecule has 1 saturated carbocycles. The molecule has 2 atom stereocenters. The summed E-state index contributed by atoms with van der Waals surface area (Å²) in [6, 6.07) is 8.43. The summed E-state index contributed by atoms with van der Waals surface area (Å²) in [5.74, 6) is -0.234. The zero-order chi connectivity index (χ0) is 14.2. The molecule has 1 aromatic carbocycles. The van der Waals surface area contributed by atoms with Crippen molar-refractivity contribution >= 4 is 17.7 Å². The van der Waals surface area contributed by atoms with Crippen LogP contribution in [0.25, 0.3) is 0 Å². The van der Waals surface area contributed by atoms with E-state index < -0.39 is 11.4 Å². The molecule has 0 unspecified atom stereocenters. The lowest BCUT2D eigenvalue weighted by molar-refractivity contribution is -0.149. The number of rotatable bonds is 4. The number of aliphatic carboxylic acids is 1. The Balaban J connectivity index is 1.76. The number of hydrogen-bond acceptors (Lipinski definition) is 3. The van der Waals surface area contributed by atoms with Crippen molar-refractivity contribution in [3.8, 4) is 0 Å². The van der Waals surface area contributed by atoms with Crippen LogP contribution in [0.5, 0.6) is 0 Å². The summed E-state index contributed by atoms with van der Waals surface area (Å²) in [6.07, 6.45) is 5.10. The number of nitrogens with zero attached hydrogens (tertiary/aromatic N) is 1. The van der Waals surface area contributed by atoms with Gasteiger partial charge in [0.2, 0.25) is 0 Å². The number of carboxylic acid groups (broad SMARTS) is 1. The van der Waals surface area contributed by atoms with Crippen molar-refractivity contribution < 1.29 is 9.90 Å². The maximum Gasteiger partial charge on any atom is 0.311 e. The van der Waals surface area contributed by atoms with E-state index in [0.717, 1.165) is 38.9 Å². The molecule has 20 heavy (non-hydrogen) atoms. The third kappa shape index (κ3) is 2.25. The summed E-state index contributed by atoms with van der Waals surface area (Å²) in [4.78, 5) is 15.3. The molecular weight excluding hydrogens is 270 g/mol. The minimum absolute atomic E-state index is 0.349. The van der Waals surface area contributed by atoms with Gasteiger partial charge in [-0.3, -0.25) is 9.69 Å². The summed E-state index contributed by atoms with van der Waals surface area (Å²) < 4.78 is 0. The molecule has 3 rings (SSSR count). The van der Waals surface area contributed by atoms with E-state index in [1.165, 1.54) is 10.5 Å². The molecule has 1 saturated heterocycles. The van der Waals surface area contributed by atoms with Gasteiger partial charge in [0.25, 0.3) is 0 Å². The van der Waals surface area contributed by atoms with Gasteiger partial charge in [-0.1, -0.05) is 24.6 Å². The maximum atomic E-state index is 11.7. The number of carbonyl (C=O) groups is 1. The third-order valence-electron chi connectivity index (χ3n) is 4.95. The van der Waals surface area contributed by atoms with E-state index in [2.05, 4.69) is 35.4 Å². The topological polar surface area (TPSA) is 40.5 Å². The van der Waals surface area contributed by atoms with Crippen molar-refractivity contribution in [3.05, 3.63) is 29.8 Å². The van der Waals surface area contributed by atoms with Gasteiger partial charge in [0.1, 0.15) is 0 Å². The van der Waals surface area contributed by atoms with Gasteiger partial charge in [-0.15, -0.1) is 11.8 Å². The van der Waals surface area contributed by atoms with Crippen LogP contribution in [0.1, 0.15) is 24.8 Å². The van der Waals surface area contributed by atoms with Crippen LogP contribution in [-0.2, 0) is 11.3 Å². The molecule has 1 aromatic rings. The Labute approximate surface area is 124 Å². The lowest BCUT2D eigenvalue weighted by atomic mass is 9.81. The van der Waals surface area contributed by atoms with Crippen LogP contribution in [0, 0.1) is 11.3 Å². The molecule has 0 radical (unpaired) electrons. The van der Waals surface area contributed by atoms with Crippen molar-refractivity contribution in [1.29, 1.82) is 0 Å². The number of fused-ring (bicyclic) bond motifs is 1. The van der Waals surface area contributed by atoms with E-state index in [1.807, 2.05) is 0 Å². The van der Waals surface area contributed by atoms with Crippen LogP contribution < -0.4 is 0 Å². The standard InChI is InChI=1S/C16H21NO2S/c1-20-14-7-3-2-5-12(14)9-17-10-13-6-4-8-16(13,11-17)15(18)19/h2-3,5,7,13H,4,6,8-11H2,1H3,(H,18,19)/t13-,16+/m0/s1. The van der Waals surface area contributed by atoms with Gasteiger partial charge in [0.15, 0.2) is 0 Å². The molecule has 1 aliphatic heterocycles. The first-order valence-electron chi connectivity index (χ1n) is 7.23. The minimum atomic E-state index is -0.583.